The summed E-state index contributed by atoms with van der Waals surface area (Å²) >= 11 is 6.42. The second-order valence-corrected chi connectivity index (χ2v) is 7.36. The predicted octanol–water partition coefficient (Wildman–Crippen LogP) is 4.33. The fraction of sp³-hybridized carbons (Fsp3) is 0.0435. The van der Waals surface area contributed by atoms with Gasteiger partial charge in [-0.15, -0.1) is 0 Å². The Morgan fingerprint density at radius 1 is 0.800 bits per heavy atom. The Hall–Kier alpha value is -3.77. The number of aromatic nitrogens is 2. The zero-order valence-electron chi connectivity index (χ0n) is 15.7. The van der Waals surface area contributed by atoms with Crippen LogP contribution in [0.5, 0.6) is 0 Å². The molecular formula is C23H15ClN4O2. The number of amides is 2. The van der Waals surface area contributed by atoms with Gasteiger partial charge in [-0.05, 0) is 30.3 Å². The van der Waals surface area contributed by atoms with Crippen LogP contribution < -0.4 is 5.73 Å². The zero-order chi connectivity index (χ0) is 20.8. The molecule has 30 heavy (non-hydrogen) atoms. The monoisotopic (exact) mass is 414 g/mol. The van der Waals surface area contributed by atoms with Gasteiger partial charge in [0, 0.05) is 5.56 Å². The van der Waals surface area contributed by atoms with Crippen molar-refractivity contribution < 1.29 is 9.59 Å². The van der Waals surface area contributed by atoms with E-state index in [9.17, 15) is 9.59 Å². The standard InChI is InChI=1S/C23H15ClN4O2/c24-16-9-4-3-8-15(16)20-19(27-21-17(25)10-5-11-18(21)26-20)12-28-22(29)13-6-1-2-7-14(13)23(28)30/h1-11H,12,25H2. The molecule has 0 bridgehead atoms. The van der Waals surface area contributed by atoms with Crippen molar-refractivity contribution in [3.63, 3.8) is 0 Å². The molecule has 0 aliphatic carbocycles. The Balaban J connectivity index is 1.68. The molecule has 0 fully saturated rings. The number of carbonyl (C=O) groups excluding carboxylic acids is 2. The second-order valence-electron chi connectivity index (χ2n) is 6.96. The molecule has 7 heteroatoms. The zero-order valence-corrected chi connectivity index (χ0v) is 16.4. The molecule has 0 spiro atoms. The summed E-state index contributed by atoms with van der Waals surface area (Å²) in [4.78, 5) is 36.3. The third kappa shape index (κ3) is 2.81. The largest absolute Gasteiger partial charge is 0.397 e. The third-order valence-corrected chi connectivity index (χ3v) is 5.44. The van der Waals surface area contributed by atoms with Crippen LogP contribution in [0.15, 0.2) is 66.7 Å². The number of nitrogen functional groups attached to an aromatic ring is 1. The molecular weight excluding hydrogens is 400 g/mol. The van der Waals surface area contributed by atoms with Crippen molar-refractivity contribution in [1.29, 1.82) is 0 Å². The third-order valence-electron chi connectivity index (χ3n) is 5.11. The molecule has 1 aliphatic heterocycles. The van der Waals surface area contributed by atoms with Gasteiger partial charge in [-0.2, -0.15) is 0 Å². The van der Waals surface area contributed by atoms with Crippen LogP contribution in [0.3, 0.4) is 0 Å². The Bertz CT molecular complexity index is 1320. The summed E-state index contributed by atoms with van der Waals surface area (Å²) < 4.78 is 0. The topological polar surface area (TPSA) is 89.2 Å². The number of nitrogens with two attached hydrogens (primary N) is 1. The molecule has 2 heterocycles. The second kappa shape index (κ2) is 6.93. The van der Waals surface area contributed by atoms with Crippen LogP contribution in [-0.2, 0) is 6.54 Å². The molecule has 6 nitrogen and oxygen atoms in total. The molecule has 4 aromatic rings. The summed E-state index contributed by atoms with van der Waals surface area (Å²) in [6.45, 7) is -0.0375. The highest BCUT2D eigenvalue weighted by Crippen LogP contribution is 2.33. The highest BCUT2D eigenvalue weighted by atomic mass is 35.5. The van der Waals surface area contributed by atoms with Crippen molar-refractivity contribution in [3.8, 4) is 11.3 Å². The first-order valence-electron chi connectivity index (χ1n) is 9.30. The van der Waals surface area contributed by atoms with E-state index in [0.29, 0.717) is 49.8 Å². The van der Waals surface area contributed by atoms with Crippen molar-refractivity contribution in [2.24, 2.45) is 0 Å². The number of imide groups is 1. The van der Waals surface area contributed by atoms with E-state index in [1.54, 1.807) is 42.5 Å². The summed E-state index contributed by atoms with van der Waals surface area (Å²) in [6.07, 6.45) is 0. The van der Waals surface area contributed by atoms with E-state index in [4.69, 9.17) is 27.3 Å². The first-order valence-corrected chi connectivity index (χ1v) is 9.67. The summed E-state index contributed by atoms with van der Waals surface area (Å²) in [7, 11) is 0. The predicted molar refractivity (Wildman–Crippen MR) is 115 cm³/mol. The maximum absolute atomic E-state index is 12.9. The van der Waals surface area contributed by atoms with Crippen LogP contribution in [0.25, 0.3) is 22.3 Å². The number of anilines is 1. The Labute approximate surface area is 176 Å². The van der Waals surface area contributed by atoms with E-state index in [1.165, 1.54) is 4.90 Å². The lowest BCUT2D eigenvalue weighted by Gasteiger charge is -2.17. The van der Waals surface area contributed by atoms with Crippen molar-refractivity contribution >= 4 is 40.1 Å². The Kier molecular flexibility index (Phi) is 4.22. The van der Waals surface area contributed by atoms with E-state index in [1.807, 2.05) is 24.3 Å². The highest BCUT2D eigenvalue weighted by Gasteiger charge is 2.36. The molecule has 0 atom stereocenters. The maximum atomic E-state index is 12.9. The molecule has 1 aliphatic rings. The number of halogens is 1. The minimum absolute atomic E-state index is 0.0375. The van der Waals surface area contributed by atoms with E-state index < -0.39 is 0 Å². The summed E-state index contributed by atoms with van der Waals surface area (Å²) in [5, 5.41) is 0.499. The SMILES string of the molecule is Nc1cccc2nc(-c3ccccc3Cl)c(CN3C(=O)c4ccccc4C3=O)nc12. The van der Waals surface area contributed by atoms with E-state index in [0.717, 1.165) is 0 Å². The van der Waals surface area contributed by atoms with Crippen LogP contribution in [-0.4, -0.2) is 26.7 Å². The molecule has 5 rings (SSSR count). The van der Waals surface area contributed by atoms with Gasteiger partial charge in [-0.3, -0.25) is 14.5 Å². The molecule has 146 valence electrons. The number of para-hydroxylation sites is 1. The smallest absolute Gasteiger partial charge is 0.261 e. The number of benzene rings is 3. The Morgan fingerprint density at radius 3 is 2.10 bits per heavy atom. The molecule has 3 aromatic carbocycles. The van der Waals surface area contributed by atoms with E-state index >= 15 is 0 Å². The van der Waals surface area contributed by atoms with Gasteiger partial charge in [-0.25, -0.2) is 9.97 Å². The van der Waals surface area contributed by atoms with Crippen LogP contribution >= 0.6 is 11.6 Å². The van der Waals surface area contributed by atoms with Crippen LogP contribution in [0, 0.1) is 0 Å². The average molecular weight is 415 g/mol. The molecule has 1 aromatic heterocycles. The average Bonchev–Trinajstić information content (AvgIpc) is 2.99. The fourth-order valence-corrected chi connectivity index (χ4v) is 3.87. The van der Waals surface area contributed by atoms with E-state index in [2.05, 4.69) is 0 Å². The van der Waals surface area contributed by atoms with Gasteiger partial charge >= 0.3 is 0 Å². The van der Waals surface area contributed by atoms with Crippen molar-refractivity contribution in [3.05, 3.63) is 88.6 Å². The molecule has 0 unspecified atom stereocenters. The van der Waals surface area contributed by atoms with Gasteiger partial charge in [0.05, 0.1) is 45.3 Å². The van der Waals surface area contributed by atoms with Gasteiger partial charge in [0.1, 0.15) is 5.52 Å². The van der Waals surface area contributed by atoms with Gasteiger partial charge in [-0.1, -0.05) is 48.0 Å². The first-order chi connectivity index (χ1) is 14.5. The van der Waals surface area contributed by atoms with Crippen LogP contribution in [0.4, 0.5) is 5.69 Å². The molecule has 2 N–H and O–H groups in total. The van der Waals surface area contributed by atoms with Gasteiger partial charge in [0.25, 0.3) is 11.8 Å². The number of fused-ring (bicyclic) bond motifs is 2. The van der Waals surface area contributed by atoms with Gasteiger partial charge < -0.3 is 5.73 Å². The summed E-state index contributed by atoms with van der Waals surface area (Å²) in [6, 6.07) is 19.4. The highest BCUT2D eigenvalue weighted by molar-refractivity contribution is 6.33. The lowest BCUT2D eigenvalue weighted by atomic mass is 10.1. The van der Waals surface area contributed by atoms with Crippen molar-refractivity contribution in [1.82, 2.24) is 14.9 Å². The lowest BCUT2D eigenvalue weighted by molar-refractivity contribution is 0.0640. The fourth-order valence-electron chi connectivity index (χ4n) is 3.65. The Morgan fingerprint density at radius 2 is 1.43 bits per heavy atom. The maximum Gasteiger partial charge on any atom is 0.261 e. The van der Waals surface area contributed by atoms with Gasteiger partial charge in [0.15, 0.2) is 0 Å². The quantitative estimate of drug-likeness (QED) is 0.398. The number of hydrogen-bond acceptors (Lipinski definition) is 5. The lowest BCUT2D eigenvalue weighted by Crippen LogP contribution is -2.30. The number of rotatable bonds is 3. The molecule has 2 amide bonds. The number of carbonyl (C=O) groups is 2. The molecule has 0 saturated heterocycles. The van der Waals surface area contributed by atoms with Crippen LogP contribution in [0.1, 0.15) is 26.4 Å². The minimum Gasteiger partial charge on any atom is -0.397 e. The van der Waals surface area contributed by atoms with Crippen molar-refractivity contribution in [2.75, 3.05) is 5.73 Å². The normalized spacial score (nSPS) is 13.2. The first kappa shape index (κ1) is 18.3. The molecule has 0 radical (unpaired) electrons. The number of hydrogen-bond donors (Lipinski definition) is 1. The summed E-state index contributed by atoms with van der Waals surface area (Å²) in [5.74, 6) is -0.715. The van der Waals surface area contributed by atoms with Crippen molar-refractivity contribution in [2.45, 2.75) is 6.54 Å². The van der Waals surface area contributed by atoms with Gasteiger partial charge in [0.2, 0.25) is 0 Å². The van der Waals surface area contributed by atoms with Crippen LogP contribution in [0.2, 0.25) is 5.02 Å². The number of nitrogens with zero attached hydrogens (tertiary/aromatic N) is 3. The summed E-state index contributed by atoms with van der Waals surface area (Å²) in [5.41, 5.74) is 10.1. The minimum atomic E-state index is -0.358. The molecule has 0 saturated carbocycles. The van der Waals surface area contributed by atoms with E-state index in [-0.39, 0.29) is 18.4 Å².